The van der Waals surface area contributed by atoms with Crippen molar-refractivity contribution in [2.45, 2.75) is 25.1 Å². The molecule has 0 fully saturated rings. The first-order valence-electron chi connectivity index (χ1n) is 6.03. The van der Waals surface area contributed by atoms with Crippen molar-refractivity contribution in [2.24, 2.45) is 5.73 Å². The topological polar surface area (TPSA) is 89.3 Å². The first-order valence-corrected chi connectivity index (χ1v) is 8.33. The van der Waals surface area contributed by atoms with Crippen LogP contribution in [0.15, 0.2) is 18.2 Å². The average molecular weight is 332 g/mol. The third-order valence-electron chi connectivity index (χ3n) is 3.25. The zero-order valence-electron chi connectivity index (χ0n) is 11.9. The lowest BCUT2D eigenvalue weighted by molar-refractivity contribution is -0.123. The Hall–Kier alpha value is -1.54. The van der Waals surface area contributed by atoms with Crippen molar-refractivity contribution in [3.63, 3.8) is 0 Å². The second kappa shape index (κ2) is 6.07. The monoisotopic (exact) mass is 332 g/mol. The van der Waals surface area contributed by atoms with Crippen molar-refractivity contribution in [3.05, 3.63) is 35.1 Å². The van der Waals surface area contributed by atoms with Gasteiger partial charge in [0.05, 0.1) is 0 Å². The highest BCUT2D eigenvalue weighted by Crippen LogP contribution is 2.16. The largest absolute Gasteiger partial charge is 0.389 e. The van der Waals surface area contributed by atoms with Gasteiger partial charge in [-0.05, 0) is 19.9 Å². The number of halogens is 1. The minimum atomic E-state index is -3.57. The number of hydrogen-bond acceptors (Lipinski definition) is 4. The fraction of sp³-hybridized carbons (Fsp3) is 0.385. The van der Waals surface area contributed by atoms with Crippen LogP contribution in [0.2, 0.25) is 0 Å². The van der Waals surface area contributed by atoms with Crippen molar-refractivity contribution >= 4 is 33.0 Å². The summed E-state index contributed by atoms with van der Waals surface area (Å²) >= 11 is 4.74. The number of thiocarbonyl (C=S) groups is 1. The van der Waals surface area contributed by atoms with Crippen LogP contribution >= 0.6 is 12.2 Å². The van der Waals surface area contributed by atoms with E-state index in [1.807, 2.05) is 0 Å². The van der Waals surface area contributed by atoms with E-state index in [1.165, 1.54) is 32.0 Å². The third-order valence-corrected chi connectivity index (χ3v) is 5.53. The highest BCUT2D eigenvalue weighted by molar-refractivity contribution is 7.92. The lowest BCUT2D eigenvalue weighted by atomic mass is 10.1. The molecule has 0 aromatic heterocycles. The van der Waals surface area contributed by atoms with E-state index >= 15 is 0 Å². The van der Waals surface area contributed by atoms with Gasteiger partial charge < -0.3 is 11.1 Å². The molecule has 1 aromatic carbocycles. The summed E-state index contributed by atoms with van der Waals surface area (Å²) < 4.78 is 35.3. The Balaban J connectivity index is 2.86. The van der Waals surface area contributed by atoms with Crippen LogP contribution in [-0.4, -0.2) is 30.3 Å². The molecule has 116 valence electrons. The number of nitrogens with one attached hydrogen (secondary N) is 1. The van der Waals surface area contributed by atoms with Gasteiger partial charge in [-0.1, -0.05) is 24.4 Å². The summed E-state index contributed by atoms with van der Waals surface area (Å²) in [7, 11) is -3.57. The molecule has 0 saturated carbocycles. The van der Waals surface area contributed by atoms with Gasteiger partial charge in [0.1, 0.15) is 15.6 Å². The molecule has 0 bridgehead atoms. The maximum atomic E-state index is 13.8. The molecule has 3 N–H and O–H groups in total. The molecule has 0 aliphatic rings. The molecule has 5 nitrogen and oxygen atoms in total. The number of sulfone groups is 1. The molecule has 1 amide bonds. The van der Waals surface area contributed by atoms with E-state index in [-0.39, 0.29) is 17.1 Å². The zero-order valence-corrected chi connectivity index (χ0v) is 13.6. The van der Waals surface area contributed by atoms with Crippen molar-refractivity contribution in [1.82, 2.24) is 5.32 Å². The lowest BCUT2D eigenvalue weighted by Gasteiger charge is -2.21. The first kappa shape index (κ1) is 17.5. The van der Waals surface area contributed by atoms with E-state index in [4.69, 9.17) is 18.0 Å². The summed E-state index contributed by atoms with van der Waals surface area (Å²) in [6.45, 7) is 2.47. The normalized spacial score (nSPS) is 12.0. The Morgan fingerprint density at radius 3 is 2.43 bits per heavy atom. The van der Waals surface area contributed by atoms with Crippen molar-refractivity contribution < 1.29 is 17.6 Å². The van der Waals surface area contributed by atoms with Crippen LogP contribution in [0.1, 0.15) is 25.0 Å². The number of amides is 1. The van der Waals surface area contributed by atoms with E-state index in [0.29, 0.717) is 5.56 Å². The van der Waals surface area contributed by atoms with Gasteiger partial charge >= 0.3 is 0 Å². The molecule has 0 aliphatic heterocycles. The summed E-state index contributed by atoms with van der Waals surface area (Å²) in [6.07, 6.45) is 0.976. The number of rotatable bonds is 5. The van der Waals surface area contributed by atoms with Crippen molar-refractivity contribution in [2.75, 3.05) is 6.26 Å². The molecule has 0 unspecified atom stereocenters. The molecule has 21 heavy (non-hydrogen) atoms. The van der Waals surface area contributed by atoms with Crippen LogP contribution < -0.4 is 11.1 Å². The van der Waals surface area contributed by atoms with E-state index in [1.54, 1.807) is 0 Å². The highest BCUT2D eigenvalue weighted by atomic mass is 32.2. The van der Waals surface area contributed by atoms with Gasteiger partial charge in [0.15, 0.2) is 9.84 Å². The van der Waals surface area contributed by atoms with Gasteiger partial charge in [0.25, 0.3) is 0 Å². The Bertz CT molecular complexity index is 685. The molecule has 0 atom stereocenters. The number of nitrogens with two attached hydrogens (primary N) is 1. The van der Waals surface area contributed by atoms with Crippen LogP contribution in [0.25, 0.3) is 0 Å². The van der Waals surface area contributed by atoms with Gasteiger partial charge in [0, 0.05) is 23.9 Å². The Morgan fingerprint density at radius 2 is 2.00 bits per heavy atom. The Morgan fingerprint density at radius 1 is 1.43 bits per heavy atom. The number of carbonyl (C=O) groups excluding carboxylic acids is 1. The van der Waals surface area contributed by atoms with Crippen LogP contribution in [0.4, 0.5) is 4.39 Å². The molecule has 0 spiro atoms. The minimum Gasteiger partial charge on any atom is -0.389 e. The highest BCUT2D eigenvalue weighted by Gasteiger charge is 2.38. The Labute approximate surface area is 128 Å². The van der Waals surface area contributed by atoms with Gasteiger partial charge in [-0.2, -0.15) is 0 Å². The second-order valence-corrected chi connectivity index (χ2v) is 8.14. The average Bonchev–Trinajstić information content (AvgIpc) is 2.35. The molecule has 0 radical (unpaired) electrons. The van der Waals surface area contributed by atoms with Crippen molar-refractivity contribution in [1.29, 1.82) is 0 Å². The molecular weight excluding hydrogens is 315 g/mol. The maximum Gasteiger partial charge on any atom is 0.241 e. The lowest BCUT2D eigenvalue weighted by Crippen LogP contribution is -2.47. The third kappa shape index (κ3) is 3.98. The van der Waals surface area contributed by atoms with Crippen LogP contribution in [0.3, 0.4) is 0 Å². The SMILES string of the molecule is CC(C)(C(=O)NCc1ccc(C(N)=S)cc1F)S(C)(=O)=O. The van der Waals surface area contributed by atoms with E-state index in [0.717, 1.165) is 6.26 Å². The summed E-state index contributed by atoms with van der Waals surface area (Å²) in [6, 6.07) is 4.15. The predicted octanol–water partition coefficient (Wildman–Crippen LogP) is 0.899. The van der Waals surface area contributed by atoms with Gasteiger partial charge in [-0.3, -0.25) is 4.79 Å². The Kier molecular flexibility index (Phi) is 5.06. The number of benzene rings is 1. The molecule has 0 saturated heterocycles. The second-order valence-electron chi connectivity index (χ2n) is 5.14. The zero-order chi connectivity index (χ0) is 16.4. The van der Waals surface area contributed by atoms with E-state index in [9.17, 15) is 17.6 Å². The fourth-order valence-electron chi connectivity index (χ4n) is 1.40. The molecule has 0 heterocycles. The smallest absolute Gasteiger partial charge is 0.241 e. The summed E-state index contributed by atoms with van der Waals surface area (Å²) in [5, 5.41) is 2.41. The summed E-state index contributed by atoms with van der Waals surface area (Å²) in [5.41, 5.74) is 5.99. The molecule has 1 aromatic rings. The minimum absolute atomic E-state index is 0.0719. The quantitative estimate of drug-likeness (QED) is 0.782. The number of carbonyl (C=O) groups is 1. The summed E-state index contributed by atoms with van der Waals surface area (Å²) in [4.78, 5) is 12.0. The van der Waals surface area contributed by atoms with Gasteiger partial charge in [-0.15, -0.1) is 0 Å². The van der Waals surface area contributed by atoms with Crippen LogP contribution in [0.5, 0.6) is 0 Å². The molecule has 0 aliphatic carbocycles. The van der Waals surface area contributed by atoms with Crippen molar-refractivity contribution in [3.8, 4) is 0 Å². The summed E-state index contributed by atoms with van der Waals surface area (Å²) in [5.74, 6) is -1.26. The molecule has 8 heteroatoms. The predicted molar refractivity (Wildman–Crippen MR) is 83.1 cm³/mol. The van der Waals surface area contributed by atoms with Crippen LogP contribution in [0, 0.1) is 5.82 Å². The maximum absolute atomic E-state index is 13.8. The van der Waals surface area contributed by atoms with Gasteiger partial charge in [0.2, 0.25) is 5.91 Å². The first-order chi connectivity index (χ1) is 9.46. The van der Waals surface area contributed by atoms with E-state index in [2.05, 4.69) is 5.32 Å². The molecular formula is C13H17FN2O3S2. The van der Waals surface area contributed by atoms with E-state index < -0.39 is 26.3 Å². The van der Waals surface area contributed by atoms with Gasteiger partial charge in [-0.25, -0.2) is 12.8 Å². The standard InChI is InChI=1S/C13H17FN2O3S2/c1-13(2,21(3,18)19)12(17)16-7-9-5-4-8(11(15)20)6-10(9)14/h4-6H,7H2,1-3H3,(H2,15,20)(H,16,17). The van der Waals surface area contributed by atoms with Crippen LogP contribution in [-0.2, 0) is 21.2 Å². The number of hydrogen-bond donors (Lipinski definition) is 2. The fourth-order valence-corrected chi connectivity index (χ4v) is 1.94. The molecule has 1 rings (SSSR count).